The summed E-state index contributed by atoms with van der Waals surface area (Å²) in [5, 5.41) is 19.8. The van der Waals surface area contributed by atoms with Crippen LogP contribution in [0.25, 0.3) is 33.4 Å². The van der Waals surface area contributed by atoms with Gasteiger partial charge in [0.2, 0.25) is 0 Å². The molecule has 0 aliphatic carbocycles. The highest BCUT2D eigenvalue weighted by Crippen LogP contribution is 2.39. The van der Waals surface area contributed by atoms with Gasteiger partial charge in [-0.3, -0.25) is 0 Å². The van der Waals surface area contributed by atoms with Crippen LogP contribution in [0.1, 0.15) is 0 Å². The molecule has 27 heavy (non-hydrogen) atoms. The average Bonchev–Trinajstić information content (AvgIpc) is 2.74. The Labute approximate surface area is 159 Å². The molecule has 0 fully saturated rings. The lowest BCUT2D eigenvalue weighted by Gasteiger charge is -2.18. The van der Waals surface area contributed by atoms with E-state index in [1.165, 1.54) is 0 Å². The second kappa shape index (κ2) is 7.62. The zero-order valence-electron chi connectivity index (χ0n) is 14.8. The van der Waals surface area contributed by atoms with E-state index < -0.39 is 7.12 Å². The maximum atomic E-state index is 9.88. The van der Waals surface area contributed by atoms with Gasteiger partial charge >= 0.3 is 7.12 Å². The molecule has 0 spiro atoms. The molecule has 0 unspecified atom stereocenters. The van der Waals surface area contributed by atoms with E-state index >= 15 is 0 Å². The quantitative estimate of drug-likeness (QED) is 0.537. The summed E-state index contributed by atoms with van der Waals surface area (Å²) in [6.45, 7) is 0. The summed E-state index contributed by atoms with van der Waals surface area (Å²) in [6.07, 6.45) is 0. The Morgan fingerprint density at radius 3 is 1.22 bits per heavy atom. The van der Waals surface area contributed by atoms with Gasteiger partial charge in [0.1, 0.15) is 0 Å². The van der Waals surface area contributed by atoms with E-state index in [1.54, 1.807) is 0 Å². The highest BCUT2D eigenvalue weighted by molar-refractivity contribution is 6.59. The van der Waals surface area contributed by atoms with Crippen LogP contribution >= 0.6 is 0 Å². The first-order valence-electron chi connectivity index (χ1n) is 8.94. The fraction of sp³-hybridized carbons (Fsp3) is 0. The molecule has 0 amide bonds. The molecule has 0 aliphatic heterocycles. The molecule has 0 aliphatic rings. The fourth-order valence-electron chi connectivity index (χ4n) is 3.42. The lowest BCUT2D eigenvalue weighted by Crippen LogP contribution is -2.30. The van der Waals surface area contributed by atoms with Crippen LogP contribution in [0.3, 0.4) is 0 Å². The second-order valence-electron chi connectivity index (χ2n) is 6.46. The Bertz CT molecular complexity index is 969. The molecule has 0 bridgehead atoms. The van der Waals surface area contributed by atoms with Crippen molar-refractivity contribution in [2.45, 2.75) is 0 Å². The highest BCUT2D eigenvalue weighted by Gasteiger charge is 2.20. The minimum absolute atomic E-state index is 0.479. The molecule has 0 atom stereocenters. The van der Waals surface area contributed by atoms with Gasteiger partial charge in [-0.25, -0.2) is 0 Å². The van der Waals surface area contributed by atoms with Crippen molar-refractivity contribution in [3.63, 3.8) is 0 Å². The van der Waals surface area contributed by atoms with Crippen LogP contribution < -0.4 is 5.46 Å². The third kappa shape index (κ3) is 3.56. The molecule has 0 radical (unpaired) electrons. The van der Waals surface area contributed by atoms with Crippen LogP contribution in [0.4, 0.5) is 0 Å². The van der Waals surface area contributed by atoms with Crippen molar-refractivity contribution in [1.29, 1.82) is 0 Å². The lowest BCUT2D eigenvalue weighted by molar-refractivity contribution is 0.426. The molecular formula is C24H19BO2. The van der Waals surface area contributed by atoms with Gasteiger partial charge in [-0.05, 0) is 38.8 Å². The van der Waals surface area contributed by atoms with Crippen molar-refractivity contribution in [3.05, 3.63) is 103 Å². The highest BCUT2D eigenvalue weighted by atomic mass is 16.4. The van der Waals surface area contributed by atoms with E-state index in [2.05, 4.69) is 12.1 Å². The van der Waals surface area contributed by atoms with Crippen LogP contribution in [-0.2, 0) is 0 Å². The van der Waals surface area contributed by atoms with Crippen LogP contribution in [0.2, 0.25) is 0 Å². The van der Waals surface area contributed by atoms with Crippen molar-refractivity contribution < 1.29 is 10.0 Å². The van der Waals surface area contributed by atoms with E-state index in [0.29, 0.717) is 5.46 Å². The standard InChI is InChI=1S/C24H19BO2/c26-25(27)21-16-22(18-10-4-1-5-11-18)24(20-14-8-3-9-15-20)23(17-21)19-12-6-2-7-13-19/h1-17,26-27H. The Hall–Kier alpha value is -3.14. The van der Waals surface area contributed by atoms with Crippen LogP contribution in [0.5, 0.6) is 0 Å². The van der Waals surface area contributed by atoms with Crippen LogP contribution in [-0.4, -0.2) is 17.2 Å². The van der Waals surface area contributed by atoms with Crippen LogP contribution in [0, 0.1) is 0 Å². The summed E-state index contributed by atoms with van der Waals surface area (Å²) >= 11 is 0. The molecule has 4 rings (SSSR count). The third-order valence-electron chi connectivity index (χ3n) is 4.69. The molecule has 0 aromatic heterocycles. The number of benzene rings is 4. The zero-order chi connectivity index (χ0) is 18.6. The molecule has 0 saturated carbocycles. The summed E-state index contributed by atoms with van der Waals surface area (Å²) < 4.78 is 0. The number of hydrogen-bond donors (Lipinski definition) is 2. The first-order valence-corrected chi connectivity index (χ1v) is 8.94. The minimum Gasteiger partial charge on any atom is -0.423 e. The summed E-state index contributed by atoms with van der Waals surface area (Å²) in [4.78, 5) is 0. The second-order valence-corrected chi connectivity index (χ2v) is 6.46. The van der Waals surface area contributed by atoms with Crippen molar-refractivity contribution in [3.8, 4) is 33.4 Å². The predicted molar refractivity (Wildman–Crippen MR) is 113 cm³/mol. The van der Waals surface area contributed by atoms with E-state index in [0.717, 1.165) is 33.4 Å². The van der Waals surface area contributed by atoms with Gasteiger partial charge in [-0.1, -0.05) is 103 Å². The van der Waals surface area contributed by atoms with Gasteiger partial charge in [0, 0.05) is 0 Å². The topological polar surface area (TPSA) is 40.5 Å². The minimum atomic E-state index is -1.53. The first-order chi connectivity index (χ1) is 13.2. The van der Waals surface area contributed by atoms with Crippen molar-refractivity contribution in [2.24, 2.45) is 0 Å². The zero-order valence-corrected chi connectivity index (χ0v) is 14.8. The number of rotatable bonds is 4. The van der Waals surface area contributed by atoms with E-state index in [-0.39, 0.29) is 0 Å². The van der Waals surface area contributed by atoms with E-state index in [4.69, 9.17) is 0 Å². The Balaban J connectivity index is 2.09. The van der Waals surface area contributed by atoms with Gasteiger partial charge in [-0.15, -0.1) is 0 Å². The summed E-state index contributed by atoms with van der Waals surface area (Å²) in [5.74, 6) is 0. The molecular weight excluding hydrogens is 331 g/mol. The molecule has 2 N–H and O–H groups in total. The van der Waals surface area contributed by atoms with E-state index in [9.17, 15) is 10.0 Å². The Morgan fingerprint density at radius 1 is 0.481 bits per heavy atom. The van der Waals surface area contributed by atoms with Crippen molar-refractivity contribution >= 4 is 12.6 Å². The summed E-state index contributed by atoms with van der Waals surface area (Å²) in [5.41, 5.74) is 6.68. The molecule has 4 aromatic carbocycles. The molecule has 3 heteroatoms. The van der Waals surface area contributed by atoms with Gasteiger partial charge in [0.15, 0.2) is 0 Å². The van der Waals surface area contributed by atoms with E-state index in [1.807, 2.05) is 91.0 Å². The van der Waals surface area contributed by atoms with Crippen LogP contribution in [0.15, 0.2) is 103 Å². The summed E-state index contributed by atoms with van der Waals surface area (Å²) in [7, 11) is -1.53. The molecule has 0 saturated heterocycles. The SMILES string of the molecule is OB(O)c1cc(-c2ccccc2)c(-c2ccccc2)c(-c2ccccc2)c1. The Kier molecular flexibility index (Phi) is 4.88. The fourth-order valence-corrected chi connectivity index (χ4v) is 3.42. The largest absolute Gasteiger partial charge is 0.488 e. The first kappa shape index (κ1) is 17.3. The van der Waals surface area contributed by atoms with Crippen molar-refractivity contribution in [1.82, 2.24) is 0 Å². The predicted octanol–water partition coefficient (Wildman–Crippen LogP) is 4.37. The monoisotopic (exact) mass is 350 g/mol. The van der Waals surface area contributed by atoms with Crippen molar-refractivity contribution in [2.75, 3.05) is 0 Å². The van der Waals surface area contributed by atoms with Gasteiger partial charge < -0.3 is 10.0 Å². The molecule has 130 valence electrons. The van der Waals surface area contributed by atoms with Gasteiger partial charge in [0.05, 0.1) is 0 Å². The number of hydrogen-bond acceptors (Lipinski definition) is 2. The Morgan fingerprint density at radius 2 is 0.852 bits per heavy atom. The lowest BCUT2D eigenvalue weighted by atomic mass is 9.75. The average molecular weight is 350 g/mol. The normalized spacial score (nSPS) is 10.6. The third-order valence-corrected chi connectivity index (χ3v) is 4.69. The van der Waals surface area contributed by atoms with Gasteiger partial charge in [0.25, 0.3) is 0 Å². The molecule has 4 aromatic rings. The molecule has 2 nitrogen and oxygen atoms in total. The maximum Gasteiger partial charge on any atom is 0.488 e. The smallest absolute Gasteiger partial charge is 0.423 e. The summed E-state index contributed by atoms with van der Waals surface area (Å²) in [6, 6.07) is 34.1. The molecule has 0 heterocycles. The maximum absolute atomic E-state index is 9.88. The van der Waals surface area contributed by atoms with Gasteiger partial charge in [-0.2, -0.15) is 0 Å².